The van der Waals surface area contributed by atoms with Crippen LogP contribution in [0.4, 0.5) is 0 Å². The molecule has 302 valence electrons. The summed E-state index contributed by atoms with van der Waals surface area (Å²) in [5.74, 6) is 1.49. The quantitative estimate of drug-likeness (QED) is 0.118. The van der Waals surface area contributed by atoms with Gasteiger partial charge in [0.05, 0.1) is 11.4 Å². The highest BCUT2D eigenvalue weighted by molar-refractivity contribution is 14.1. The molecular weight excluding hydrogens is 1050 g/mol. The van der Waals surface area contributed by atoms with E-state index in [-0.39, 0.29) is 0 Å². The monoisotopic (exact) mass is 1080 g/mol. The zero-order chi connectivity index (χ0) is 42.7. The van der Waals surface area contributed by atoms with E-state index in [0.29, 0.717) is 0 Å². The van der Waals surface area contributed by atoms with Gasteiger partial charge in [-0.25, -0.2) is 19.9 Å². The van der Waals surface area contributed by atoms with Crippen molar-refractivity contribution in [2.24, 2.45) is 0 Å². The molecule has 8 aromatic carbocycles. The van der Waals surface area contributed by atoms with Crippen LogP contribution in [0.3, 0.4) is 0 Å². The molecule has 0 saturated heterocycles. The van der Waals surface area contributed by atoms with E-state index in [9.17, 15) is 0 Å². The molecule has 4 aromatic heterocycles. The minimum atomic E-state index is 0.741. The Hall–Kier alpha value is -6.18. The smallest absolute Gasteiger partial charge is 0.162 e. The average Bonchev–Trinajstić information content (AvgIpc) is 3.92. The lowest BCUT2D eigenvalue weighted by atomic mass is 9.97. The predicted octanol–water partition coefficient (Wildman–Crippen LogP) is 16.9. The van der Waals surface area contributed by atoms with Crippen molar-refractivity contribution in [2.75, 3.05) is 0 Å². The van der Waals surface area contributed by atoms with Gasteiger partial charge in [-0.05, 0) is 127 Å². The van der Waals surface area contributed by atoms with Crippen LogP contribution in [0.15, 0.2) is 194 Å². The van der Waals surface area contributed by atoms with E-state index < -0.39 is 0 Å². The first-order valence-corrected chi connectivity index (χ1v) is 24.6. The van der Waals surface area contributed by atoms with Gasteiger partial charge in [-0.2, -0.15) is 0 Å². The van der Waals surface area contributed by atoms with Crippen LogP contribution in [-0.4, -0.2) is 19.9 Å². The molecule has 0 amide bonds. The average molecular weight is 1080 g/mol. The van der Waals surface area contributed by atoms with Gasteiger partial charge in [0.25, 0.3) is 0 Å². The van der Waals surface area contributed by atoms with E-state index in [2.05, 4.69) is 233 Å². The van der Waals surface area contributed by atoms with E-state index in [1.807, 2.05) is 6.07 Å². The zero-order valence-corrected chi connectivity index (χ0v) is 39.8. The number of hydrogen-bond donors (Lipinski definition) is 0. The number of aromatic nitrogens is 4. The van der Waals surface area contributed by atoms with Gasteiger partial charge in [-0.15, -0.1) is 22.7 Å². The van der Waals surface area contributed by atoms with Crippen LogP contribution in [0.1, 0.15) is 0 Å². The minimum Gasteiger partial charge on any atom is -0.228 e. The fourth-order valence-corrected chi connectivity index (χ4v) is 12.1. The van der Waals surface area contributed by atoms with Crippen LogP contribution in [0.2, 0.25) is 0 Å². The van der Waals surface area contributed by atoms with Crippen LogP contribution in [0.5, 0.6) is 0 Å². The minimum absolute atomic E-state index is 0.741. The Balaban J connectivity index is 0.834. The number of hydrogen-bond acceptors (Lipinski definition) is 6. The molecule has 0 bridgehead atoms. The maximum absolute atomic E-state index is 5.16. The number of thiophene rings is 2. The third-order valence-electron chi connectivity index (χ3n) is 11.8. The van der Waals surface area contributed by atoms with Crippen molar-refractivity contribution in [1.82, 2.24) is 19.9 Å². The van der Waals surface area contributed by atoms with Crippen molar-refractivity contribution in [3.63, 3.8) is 0 Å². The fourth-order valence-electron chi connectivity index (χ4n) is 8.63. The van der Waals surface area contributed by atoms with Crippen molar-refractivity contribution in [1.29, 1.82) is 0 Å². The standard InChI is InChI=1S/C56H32I2N4S2/c57-51-31-47(37-25-23-34(24-26-37)33-9-2-1-3-10-33)59-55(61-51)45-17-8-15-43-46-30-39(27-28-50(46)64-54(43)45)36-21-19-35(20-22-36)38-11-6-12-40(29-38)48-32-52(58)62-56(60-48)44-16-7-14-42-41-13-4-5-18-49(41)63-53(42)44/h1-32H. The van der Waals surface area contributed by atoms with E-state index in [0.717, 1.165) is 63.8 Å². The van der Waals surface area contributed by atoms with Gasteiger partial charge in [0.2, 0.25) is 0 Å². The molecule has 0 radical (unpaired) electrons. The summed E-state index contributed by atoms with van der Waals surface area (Å²) in [6.07, 6.45) is 0. The van der Waals surface area contributed by atoms with E-state index in [4.69, 9.17) is 19.9 Å². The molecule has 0 aliphatic heterocycles. The highest BCUT2D eigenvalue weighted by Gasteiger charge is 2.17. The molecule has 0 N–H and O–H groups in total. The van der Waals surface area contributed by atoms with Crippen molar-refractivity contribution in [3.8, 4) is 78.7 Å². The van der Waals surface area contributed by atoms with Gasteiger partial charge in [0.15, 0.2) is 11.6 Å². The number of nitrogens with zero attached hydrogens (tertiary/aromatic N) is 4. The Bertz CT molecular complexity index is 3750. The first-order chi connectivity index (χ1) is 31.5. The topological polar surface area (TPSA) is 51.6 Å². The van der Waals surface area contributed by atoms with Crippen molar-refractivity contribution < 1.29 is 0 Å². The van der Waals surface area contributed by atoms with Crippen LogP contribution >= 0.6 is 67.9 Å². The fraction of sp³-hybridized carbons (Fsp3) is 0. The molecule has 8 heteroatoms. The number of halogens is 2. The number of fused-ring (bicyclic) bond motifs is 6. The van der Waals surface area contributed by atoms with Crippen LogP contribution in [-0.2, 0) is 0 Å². The summed E-state index contributed by atoms with van der Waals surface area (Å²) in [6, 6.07) is 69.2. The molecule has 0 fully saturated rings. The Morgan fingerprint density at radius 2 is 0.734 bits per heavy atom. The SMILES string of the molecule is Ic1cc(-c2cccc(-c3ccc(-c4ccc5sc6c(-c7nc(I)cc(-c8ccc(-c9ccccc9)cc8)n7)cccc6c5c4)cc3)c2)nc(-c2cccc3c2sc2ccccc23)n1. The maximum Gasteiger partial charge on any atom is 0.162 e. The predicted molar refractivity (Wildman–Crippen MR) is 287 cm³/mol. The second kappa shape index (κ2) is 16.4. The molecule has 0 saturated carbocycles. The van der Waals surface area contributed by atoms with Gasteiger partial charge in [-0.1, -0.05) is 146 Å². The van der Waals surface area contributed by atoms with Gasteiger partial charge in [-0.3, -0.25) is 0 Å². The van der Waals surface area contributed by atoms with Crippen molar-refractivity contribution >= 4 is 108 Å². The summed E-state index contributed by atoms with van der Waals surface area (Å²) in [5.41, 5.74) is 13.1. The third kappa shape index (κ3) is 7.28. The summed E-state index contributed by atoms with van der Waals surface area (Å²) in [4.78, 5) is 20.2. The van der Waals surface area contributed by atoms with Crippen molar-refractivity contribution in [2.45, 2.75) is 0 Å². The van der Waals surface area contributed by atoms with Gasteiger partial charge in [0, 0.05) is 62.6 Å². The Kier molecular flexibility index (Phi) is 10.1. The summed E-state index contributed by atoms with van der Waals surface area (Å²) in [5, 5.41) is 4.97. The Morgan fingerprint density at radius 3 is 1.39 bits per heavy atom. The van der Waals surface area contributed by atoms with Gasteiger partial charge in [0.1, 0.15) is 7.40 Å². The highest BCUT2D eigenvalue weighted by Crippen LogP contribution is 2.42. The summed E-state index contributed by atoms with van der Waals surface area (Å²) < 4.78 is 6.75. The first-order valence-electron chi connectivity index (χ1n) is 20.8. The number of rotatable bonds is 7. The zero-order valence-electron chi connectivity index (χ0n) is 33.8. The largest absolute Gasteiger partial charge is 0.228 e. The molecule has 4 heterocycles. The van der Waals surface area contributed by atoms with Crippen molar-refractivity contribution in [3.05, 3.63) is 202 Å². The lowest BCUT2D eigenvalue weighted by Crippen LogP contribution is -1.95. The molecule has 12 rings (SSSR count). The molecule has 0 aliphatic carbocycles. The third-order valence-corrected chi connectivity index (χ3v) is 15.3. The molecule has 0 spiro atoms. The molecule has 12 aromatic rings. The molecule has 0 aliphatic rings. The second-order valence-electron chi connectivity index (χ2n) is 15.7. The molecular formula is C56H32I2N4S2. The van der Waals surface area contributed by atoms with Crippen LogP contribution in [0.25, 0.3) is 119 Å². The van der Waals surface area contributed by atoms with Crippen LogP contribution in [0, 0.1) is 7.40 Å². The Labute approximate surface area is 404 Å². The van der Waals surface area contributed by atoms with E-state index >= 15 is 0 Å². The summed E-state index contributed by atoms with van der Waals surface area (Å²) in [7, 11) is 0. The lowest BCUT2D eigenvalue weighted by molar-refractivity contribution is 1.15. The molecule has 0 atom stereocenters. The van der Waals surface area contributed by atoms with Crippen LogP contribution < -0.4 is 0 Å². The second-order valence-corrected chi connectivity index (χ2v) is 20.0. The lowest BCUT2D eigenvalue weighted by Gasteiger charge is -2.10. The molecule has 0 unspecified atom stereocenters. The summed E-state index contributed by atoms with van der Waals surface area (Å²) >= 11 is 8.24. The maximum atomic E-state index is 5.16. The highest BCUT2D eigenvalue weighted by atomic mass is 127. The van der Waals surface area contributed by atoms with Gasteiger partial charge < -0.3 is 0 Å². The Morgan fingerprint density at radius 1 is 0.297 bits per heavy atom. The first kappa shape index (κ1) is 39.4. The number of benzene rings is 8. The van der Waals surface area contributed by atoms with Gasteiger partial charge >= 0.3 is 0 Å². The van der Waals surface area contributed by atoms with E-state index in [1.165, 1.54) is 62.6 Å². The molecule has 4 nitrogen and oxygen atoms in total. The normalized spacial score (nSPS) is 11.6. The van der Waals surface area contributed by atoms with E-state index in [1.54, 1.807) is 22.7 Å². The molecule has 64 heavy (non-hydrogen) atoms. The summed E-state index contributed by atoms with van der Waals surface area (Å²) in [6.45, 7) is 0.